The number of rotatable bonds is 1. The molecule has 90 valence electrons. The van der Waals surface area contributed by atoms with Gasteiger partial charge in [0.1, 0.15) is 5.82 Å². The zero-order chi connectivity index (χ0) is 12.0. The van der Waals surface area contributed by atoms with Crippen LogP contribution in [0.1, 0.15) is 31.0 Å². The fourth-order valence-corrected chi connectivity index (χ4v) is 2.89. The van der Waals surface area contributed by atoms with Crippen LogP contribution in [0.15, 0.2) is 18.2 Å². The van der Waals surface area contributed by atoms with E-state index in [1.54, 1.807) is 12.1 Å². The lowest BCUT2D eigenvalue weighted by Crippen LogP contribution is -2.28. The summed E-state index contributed by atoms with van der Waals surface area (Å²) in [5.74, 6) is 0.325. The predicted molar refractivity (Wildman–Crippen MR) is 67.7 cm³/mol. The average Bonchev–Trinajstić information content (AvgIpc) is 2.63. The lowest BCUT2D eigenvalue weighted by Gasteiger charge is -2.19. The molecule has 0 fully saturated rings. The molecule has 2 aromatic rings. The Hall–Kier alpha value is -1.35. The van der Waals surface area contributed by atoms with E-state index in [2.05, 4.69) is 23.7 Å². The van der Waals surface area contributed by atoms with Gasteiger partial charge >= 0.3 is 0 Å². The second kappa shape index (κ2) is 3.84. The zero-order valence-corrected chi connectivity index (χ0v) is 10.3. The van der Waals surface area contributed by atoms with Crippen molar-refractivity contribution in [3.8, 4) is 0 Å². The first-order chi connectivity index (χ1) is 8.18. The van der Waals surface area contributed by atoms with E-state index >= 15 is 0 Å². The second-order valence-electron chi connectivity index (χ2n) is 5.00. The van der Waals surface area contributed by atoms with Crippen molar-refractivity contribution in [1.82, 2.24) is 9.88 Å². The maximum absolute atomic E-state index is 13.4. The van der Waals surface area contributed by atoms with Crippen LogP contribution in [0.4, 0.5) is 4.39 Å². The smallest absolute Gasteiger partial charge is 0.125 e. The monoisotopic (exact) mass is 232 g/mol. The summed E-state index contributed by atoms with van der Waals surface area (Å²) >= 11 is 0. The first kappa shape index (κ1) is 10.8. The Balaban J connectivity index is 2.37. The van der Waals surface area contributed by atoms with Gasteiger partial charge in [0.2, 0.25) is 0 Å². The third-order valence-corrected chi connectivity index (χ3v) is 3.56. The Morgan fingerprint density at radius 2 is 2.18 bits per heavy atom. The van der Waals surface area contributed by atoms with Gasteiger partial charge in [-0.3, -0.25) is 0 Å². The van der Waals surface area contributed by atoms with Crippen molar-refractivity contribution < 1.29 is 4.39 Å². The minimum absolute atomic E-state index is 0.147. The summed E-state index contributed by atoms with van der Waals surface area (Å²) in [7, 11) is 0. The minimum atomic E-state index is -0.147. The van der Waals surface area contributed by atoms with Crippen LogP contribution in [0, 0.1) is 5.82 Å². The van der Waals surface area contributed by atoms with Crippen molar-refractivity contribution in [1.29, 1.82) is 0 Å². The molecule has 1 N–H and O–H groups in total. The maximum Gasteiger partial charge on any atom is 0.125 e. The van der Waals surface area contributed by atoms with Crippen LogP contribution in [0.3, 0.4) is 0 Å². The third-order valence-electron chi connectivity index (χ3n) is 3.56. The number of nitrogens with zero attached hydrogens (tertiary/aromatic N) is 1. The van der Waals surface area contributed by atoms with E-state index in [0.29, 0.717) is 5.92 Å². The highest BCUT2D eigenvalue weighted by atomic mass is 19.1. The summed E-state index contributed by atoms with van der Waals surface area (Å²) in [4.78, 5) is 0. The number of nitrogens with one attached hydrogen (secondary N) is 1. The first-order valence-corrected chi connectivity index (χ1v) is 6.19. The summed E-state index contributed by atoms with van der Waals surface area (Å²) in [6.45, 7) is 7.19. The number of hydrogen-bond donors (Lipinski definition) is 1. The average molecular weight is 232 g/mol. The lowest BCUT2D eigenvalue weighted by atomic mass is 9.99. The Labute approximate surface area is 100 Å². The van der Waals surface area contributed by atoms with Crippen LogP contribution in [0.2, 0.25) is 0 Å². The van der Waals surface area contributed by atoms with E-state index in [0.717, 1.165) is 25.2 Å². The van der Waals surface area contributed by atoms with E-state index in [1.165, 1.54) is 16.6 Å². The van der Waals surface area contributed by atoms with Gasteiger partial charge in [-0.15, -0.1) is 0 Å². The van der Waals surface area contributed by atoms with Crippen molar-refractivity contribution in [3.63, 3.8) is 0 Å². The van der Waals surface area contributed by atoms with E-state index in [-0.39, 0.29) is 5.82 Å². The van der Waals surface area contributed by atoms with Crippen LogP contribution in [-0.2, 0) is 13.1 Å². The fourth-order valence-electron chi connectivity index (χ4n) is 2.89. The molecule has 0 saturated carbocycles. The van der Waals surface area contributed by atoms with Gasteiger partial charge in [0.25, 0.3) is 0 Å². The summed E-state index contributed by atoms with van der Waals surface area (Å²) in [5.41, 5.74) is 3.74. The Bertz CT molecular complexity index is 569. The molecule has 0 saturated heterocycles. The third kappa shape index (κ3) is 1.57. The van der Waals surface area contributed by atoms with Crippen LogP contribution in [0.25, 0.3) is 10.9 Å². The Kier molecular flexibility index (Phi) is 2.44. The van der Waals surface area contributed by atoms with Gasteiger partial charge in [-0.2, -0.15) is 0 Å². The van der Waals surface area contributed by atoms with Gasteiger partial charge in [-0.1, -0.05) is 13.8 Å². The molecule has 1 aliphatic rings. The molecule has 0 aliphatic carbocycles. The molecule has 0 radical (unpaired) electrons. The number of benzene rings is 1. The van der Waals surface area contributed by atoms with Crippen LogP contribution < -0.4 is 5.32 Å². The van der Waals surface area contributed by atoms with Crippen molar-refractivity contribution >= 4 is 10.9 Å². The van der Waals surface area contributed by atoms with Crippen molar-refractivity contribution in [3.05, 3.63) is 35.3 Å². The topological polar surface area (TPSA) is 17.0 Å². The quantitative estimate of drug-likeness (QED) is 0.799. The Morgan fingerprint density at radius 3 is 2.94 bits per heavy atom. The van der Waals surface area contributed by atoms with E-state index < -0.39 is 0 Å². The molecule has 3 heteroatoms. The van der Waals surface area contributed by atoms with Crippen molar-refractivity contribution in [2.45, 2.75) is 32.9 Å². The van der Waals surface area contributed by atoms with Crippen molar-refractivity contribution in [2.24, 2.45) is 0 Å². The molecule has 2 heterocycles. The minimum Gasteiger partial charge on any atom is -0.342 e. The number of fused-ring (bicyclic) bond motifs is 3. The second-order valence-corrected chi connectivity index (χ2v) is 5.00. The molecule has 0 spiro atoms. The first-order valence-electron chi connectivity index (χ1n) is 6.19. The maximum atomic E-state index is 13.4. The number of hydrogen-bond acceptors (Lipinski definition) is 1. The van der Waals surface area contributed by atoms with Gasteiger partial charge in [0.15, 0.2) is 0 Å². The zero-order valence-electron chi connectivity index (χ0n) is 10.3. The molecular formula is C14H17FN2. The number of halogens is 1. The largest absolute Gasteiger partial charge is 0.342 e. The van der Waals surface area contributed by atoms with E-state index in [9.17, 15) is 4.39 Å². The predicted octanol–water partition coefficient (Wildman–Crippen LogP) is 3.01. The van der Waals surface area contributed by atoms with Crippen LogP contribution >= 0.6 is 0 Å². The fraction of sp³-hybridized carbons (Fsp3) is 0.429. The molecule has 0 bridgehead atoms. The Morgan fingerprint density at radius 1 is 1.35 bits per heavy atom. The molecule has 0 amide bonds. The molecule has 0 unspecified atom stereocenters. The van der Waals surface area contributed by atoms with E-state index in [1.807, 2.05) is 6.07 Å². The summed E-state index contributed by atoms with van der Waals surface area (Å²) in [6, 6.07) is 5.15. The molecule has 1 aliphatic heterocycles. The van der Waals surface area contributed by atoms with Gasteiger partial charge in [0.05, 0.1) is 5.52 Å². The summed E-state index contributed by atoms with van der Waals surface area (Å²) in [6.07, 6.45) is 0. The lowest BCUT2D eigenvalue weighted by molar-refractivity contribution is 0.519. The SMILES string of the molecule is CC(C)c1c2n(c3cc(F)ccc13)CCNC2. The molecule has 0 atom stereocenters. The summed E-state index contributed by atoms with van der Waals surface area (Å²) in [5, 5.41) is 4.61. The molecule has 3 rings (SSSR count). The van der Waals surface area contributed by atoms with E-state index in [4.69, 9.17) is 0 Å². The van der Waals surface area contributed by atoms with Gasteiger partial charge < -0.3 is 9.88 Å². The van der Waals surface area contributed by atoms with Crippen LogP contribution in [-0.4, -0.2) is 11.1 Å². The number of aromatic nitrogens is 1. The summed E-state index contributed by atoms with van der Waals surface area (Å²) < 4.78 is 15.7. The molecule has 1 aromatic heterocycles. The molecular weight excluding hydrogens is 215 g/mol. The highest BCUT2D eigenvalue weighted by Gasteiger charge is 2.21. The molecule has 17 heavy (non-hydrogen) atoms. The van der Waals surface area contributed by atoms with Crippen LogP contribution in [0.5, 0.6) is 0 Å². The van der Waals surface area contributed by atoms with Crippen molar-refractivity contribution in [2.75, 3.05) is 6.54 Å². The highest BCUT2D eigenvalue weighted by Crippen LogP contribution is 2.33. The molecule has 2 nitrogen and oxygen atoms in total. The van der Waals surface area contributed by atoms with Gasteiger partial charge in [0, 0.05) is 30.7 Å². The highest BCUT2D eigenvalue weighted by molar-refractivity contribution is 5.86. The molecule has 1 aromatic carbocycles. The van der Waals surface area contributed by atoms with Gasteiger partial charge in [-0.25, -0.2) is 4.39 Å². The van der Waals surface area contributed by atoms with Gasteiger partial charge in [-0.05, 0) is 29.7 Å². The standard InChI is InChI=1S/C14H17FN2/c1-9(2)14-11-4-3-10(15)7-12(11)17-6-5-16-8-13(14)17/h3-4,7,9,16H,5-6,8H2,1-2H3. The normalized spacial score (nSPS) is 15.5.